The Morgan fingerprint density at radius 3 is 2.64 bits per heavy atom. The van der Waals surface area contributed by atoms with Gasteiger partial charge in [0.15, 0.2) is 0 Å². The summed E-state index contributed by atoms with van der Waals surface area (Å²) in [6.45, 7) is 1.52. The first-order valence-corrected chi connectivity index (χ1v) is 3.49. The second-order valence-corrected chi connectivity index (χ2v) is 2.69. The average molecular weight is 172 g/mol. The zero-order chi connectivity index (χ0) is 8.43. The van der Waals surface area contributed by atoms with Gasteiger partial charge in [-0.1, -0.05) is 11.6 Å². The standard InChI is InChI=1S/C8H7ClFN/c1-5(11)7-4-6(9)2-3-8(7)10/h2-4,11H,1H3. The van der Waals surface area contributed by atoms with Crippen molar-refractivity contribution in [3.63, 3.8) is 0 Å². The van der Waals surface area contributed by atoms with Crippen LogP contribution in [-0.2, 0) is 0 Å². The molecular formula is C8H7ClFN. The number of benzene rings is 1. The maximum atomic E-state index is 12.8. The van der Waals surface area contributed by atoms with Crippen molar-refractivity contribution in [1.29, 1.82) is 5.41 Å². The lowest BCUT2D eigenvalue weighted by molar-refractivity contribution is 0.625. The van der Waals surface area contributed by atoms with Crippen LogP contribution >= 0.6 is 11.6 Å². The molecule has 0 saturated carbocycles. The highest BCUT2D eigenvalue weighted by Crippen LogP contribution is 2.14. The number of rotatable bonds is 1. The molecule has 11 heavy (non-hydrogen) atoms. The van der Waals surface area contributed by atoms with Crippen molar-refractivity contribution in [2.24, 2.45) is 0 Å². The number of hydrogen-bond donors (Lipinski definition) is 1. The molecule has 0 aliphatic heterocycles. The van der Waals surface area contributed by atoms with E-state index in [0.717, 1.165) is 0 Å². The summed E-state index contributed by atoms with van der Waals surface area (Å²) >= 11 is 5.60. The molecule has 0 spiro atoms. The molecule has 0 fully saturated rings. The molecule has 1 aromatic carbocycles. The molecule has 0 aromatic heterocycles. The van der Waals surface area contributed by atoms with E-state index < -0.39 is 5.82 Å². The van der Waals surface area contributed by atoms with Crippen LogP contribution in [0.2, 0.25) is 5.02 Å². The summed E-state index contributed by atoms with van der Waals surface area (Å²) in [6, 6.07) is 4.16. The smallest absolute Gasteiger partial charge is 0.132 e. The van der Waals surface area contributed by atoms with Gasteiger partial charge in [0.1, 0.15) is 5.82 Å². The first kappa shape index (κ1) is 8.21. The van der Waals surface area contributed by atoms with Crippen LogP contribution in [0.25, 0.3) is 0 Å². The number of nitrogens with one attached hydrogen (secondary N) is 1. The molecule has 0 aliphatic carbocycles. The first-order valence-electron chi connectivity index (χ1n) is 3.12. The quantitative estimate of drug-likeness (QED) is 0.629. The highest BCUT2D eigenvalue weighted by Gasteiger charge is 2.03. The van der Waals surface area contributed by atoms with Gasteiger partial charge < -0.3 is 5.41 Å². The van der Waals surface area contributed by atoms with Gasteiger partial charge in [-0.3, -0.25) is 0 Å². The fraction of sp³-hybridized carbons (Fsp3) is 0.125. The molecule has 0 aliphatic rings. The van der Waals surface area contributed by atoms with Gasteiger partial charge in [-0.05, 0) is 25.1 Å². The molecule has 1 N–H and O–H groups in total. The Balaban J connectivity index is 3.23. The van der Waals surface area contributed by atoms with E-state index in [1.54, 1.807) is 0 Å². The molecule has 1 nitrogen and oxygen atoms in total. The van der Waals surface area contributed by atoms with Crippen molar-refractivity contribution < 1.29 is 4.39 Å². The normalized spacial score (nSPS) is 9.73. The van der Waals surface area contributed by atoms with E-state index in [-0.39, 0.29) is 11.3 Å². The molecular weight excluding hydrogens is 165 g/mol. The van der Waals surface area contributed by atoms with Crippen molar-refractivity contribution in [3.8, 4) is 0 Å². The van der Waals surface area contributed by atoms with Gasteiger partial charge in [0.2, 0.25) is 0 Å². The van der Waals surface area contributed by atoms with Gasteiger partial charge in [-0.15, -0.1) is 0 Å². The summed E-state index contributed by atoms with van der Waals surface area (Å²) in [4.78, 5) is 0. The van der Waals surface area contributed by atoms with Crippen LogP contribution in [0.3, 0.4) is 0 Å². The highest BCUT2D eigenvalue weighted by molar-refractivity contribution is 6.31. The van der Waals surface area contributed by atoms with Crippen molar-refractivity contribution in [1.82, 2.24) is 0 Å². The van der Waals surface area contributed by atoms with E-state index in [9.17, 15) is 4.39 Å². The van der Waals surface area contributed by atoms with E-state index in [4.69, 9.17) is 17.0 Å². The number of hydrogen-bond acceptors (Lipinski definition) is 1. The predicted molar refractivity (Wildman–Crippen MR) is 43.9 cm³/mol. The van der Waals surface area contributed by atoms with Crippen molar-refractivity contribution in [2.45, 2.75) is 6.92 Å². The molecule has 0 unspecified atom stereocenters. The molecule has 1 rings (SSSR count). The Kier molecular flexibility index (Phi) is 2.25. The van der Waals surface area contributed by atoms with Crippen molar-refractivity contribution in [2.75, 3.05) is 0 Å². The third kappa shape index (κ3) is 1.77. The fourth-order valence-electron chi connectivity index (χ4n) is 0.785. The monoisotopic (exact) mass is 171 g/mol. The molecule has 0 bridgehead atoms. The first-order chi connectivity index (χ1) is 5.11. The molecule has 0 radical (unpaired) electrons. The maximum Gasteiger partial charge on any atom is 0.132 e. The van der Waals surface area contributed by atoms with Crippen molar-refractivity contribution >= 4 is 17.3 Å². The van der Waals surface area contributed by atoms with Crippen LogP contribution in [0.5, 0.6) is 0 Å². The van der Waals surface area contributed by atoms with Gasteiger partial charge in [0.25, 0.3) is 0 Å². The lowest BCUT2D eigenvalue weighted by atomic mass is 10.1. The third-order valence-corrected chi connectivity index (χ3v) is 1.57. The van der Waals surface area contributed by atoms with E-state index in [0.29, 0.717) is 5.02 Å². The van der Waals surface area contributed by atoms with Crippen LogP contribution in [0.15, 0.2) is 18.2 Å². The summed E-state index contributed by atoms with van der Waals surface area (Å²) in [5.74, 6) is -0.401. The van der Waals surface area contributed by atoms with Crippen LogP contribution in [-0.4, -0.2) is 5.71 Å². The van der Waals surface area contributed by atoms with E-state index in [1.165, 1.54) is 25.1 Å². The molecule has 58 valence electrons. The predicted octanol–water partition coefficient (Wildman–Crippen LogP) is 2.87. The van der Waals surface area contributed by atoms with Gasteiger partial charge in [-0.25, -0.2) is 4.39 Å². The van der Waals surface area contributed by atoms with Gasteiger partial charge in [0.05, 0.1) is 0 Å². The Morgan fingerprint density at radius 1 is 1.55 bits per heavy atom. The highest BCUT2D eigenvalue weighted by atomic mass is 35.5. The minimum Gasteiger partial charge on any atom is -0.305 e. The van der Waals surface area contributed by atoms with Crippen LogP contribution in [0, 0.1) is 11.2 Å². The second-order valence-electron chi connectivity index (χ2n) is 2.25. The van der Waals surface area contributed by atoms with Gasteiger partial charge >= 0.3 is 0 Å². The zero-order valence-corrected chi connectivity index (χ0v) is 6.74. The molecule has 0 amide bonds. The van der Waals surface area contributed by atoms with Gasteiger partial charge in [-0.2, -0.15) is 0 Å². The van der Waals surface area contributed by atoms with Crippen LogP contribution in [0.1, 0.15) is 12.5 Å². The summed E-state index contributed by atoms with van der Waals surface area (Å²) in [7, 11) is 0. The van der Waals surface area contributed by atoms with Crippen LogP contribution in [0.4, 0.5) is 4.39 Å². The van der Waals surface area contributed by atoms with Crippen LogP contribution < -0.4 is 0 Å². The molecule has 0 atom stereocenters. The topological polar surface area (TPSA) is 23.9 Å². The lowest BCUT2D eigenvalue weighted by Crippen LogP contribution is -1.95. The minimum absolute atomic E-state index is 0.185. The molecule has 0 heterocycles. The van der Waals surface area contributed by atoms with E-state index in [2.05, 4.69) is 0 Å². The SMILES string of the molecule is CC(=N)c1cc(Cl)ccc1F. The Hall–Kier alpha value is -0.890. The van der Waals surface area contributed by atoms with Crippen molar-refractivity contribution in [3.05, 3.63) is 34.6 Å². The molecule has 0 saturated heterocycles. The Bertz CT molecular complexity index is 296. The summed E-state index contributed by atoms with van der Waals surface area (Å²) in [5.41, 5.74) is 0.447. The fourth-order valence-corrected chi connectivity index (χ4v) is 0.957. The summed E-state index contributed by atoms with van der Waals surface area (Å²) < 4.78 is 12.8. The average Bonchev–Trinajstić information content (AvgIpc) is 1.94. The number of halogens is 2. The zero-order valence-electron chi connectivity index (χ0n) is 5.99. The van der Waals surface area contributed by atoms with E-state index in [1.807, 2.05) is 0 Å². The summed E-state index contributed by atoms with van der Waals surface area (Å²) in [6.07, 6.45) is 0. The maximum absolute atomic E-state index is 12.8. The second kappa shape index (κ2) is 3.01. The lowest BCUT2D eigenvalue weighted by Gasteiger charge is -1.99. The Labute approximate surface area is 69.3 Å². The van der Waals surface area contributed by atoms with E-state index >= 15 is 0 Å². The molecule has 3 heteroatoms. The Morgan fingerprint density at radius 2 is 2.18 bits per heavy atom. The third-order valence-electron chi connectivity index (χ3n) is 1.33. The molecule has 1 aromatic rings. The largest absolute Gasteiger partial charge is 0.305 e. The minimum atomic E-state index is -0.401. The summed E-state index contributed by atoms with van der Waals surface area (Å²) in [5, 5.41) is 7.63. The van der Waals surface area contributed by atoms with Gasteiger partial charge in [0, 0.05) is 16.3 Å².